The summed E-state index contributed by atoms with van der Waals surface area (Å²) >= 11 is 0. The monoisotopic (exact) mass is 447 g/mol. The number of likely N-dealkylation sites (tertiary alicyclic amines) is 1. The number of amides is 2. The predicted molar refractivity (Wildman–Crippen MR) is 125 cm³/mol. The van der Waals surface area contributed by atoms with Crippen LogP contribution in [0.3, 0.4) is 0 Å². The molecular weight excluding hydrogens is 410 g/mol. The topological polar surface area (TPSA) is 104 Å². The molecule has 1 aromatic carbocycles. The summed E-state index contributed by atoms with van der Waals surface area (Å²) in [6, 6.07) is 9.58. The van der Waals surface area contributed by atoms with Gasteiger partial charge in [-0.15, -0.1) is 0 Å². The average Bonchev–Trinajstić information content (AvgIpc) is 2.76. The molecule has 3 N–H and O–H groups in total. The highest BCUT2D eigenvalue weighted by atomic mass is 16.6. The van der Waals surface area contributed by atoms with E-state index in [9.17, 15) is 9.59 Å². The third-order valence-electron chi connectivity index (χ3n) is 4.94. The van der Waals surface area contributed by atoms with Crippen molar-refractivity contribution in [2.45, 2.75) is 58.2 Å². The Bertz CT molecular complexity index is 755. The van der Waals surface area contributed by atoms with Crippen LogP contribution in [0.25, 0.3) is 0 Å². The summed E-state index contributed by atoms with van der Waals surface area (Å²) in [6.07, 6.45) is 0.841. The Labute approximate surface area is 190 Å². The molecule has 0 saturated carbocycles. The number of nitrogens with zero attached hydrogens (tertiary/aromatic N) is 2. The number of benzene rings is 1. The van der Waals surface area contributed by atoms with Crippen LogP contribution >= 0.6 is 0 Å². The lowest BCUT2D eigenvalue weighted by molar-refractivity contribution is 0.0505. The zero-order valence-corrected chi connectivity index (χ0v) is 19.8. The highest BCUT2D eigenvalue weighted by Gasteiger charge is 2.24. The number of hydrogen-bond acceptors (Lipinski definition) is 5. The summed E-state index contributed by atoms with van der Waals surface area (Å²) in [5.41, 5.74) is 0.369. The van der Waals surface area contributed by atoms with Crippen LogP contribution in [0.5, 0.6) is 0 Å². The molecule has 0 radical (unpaired) electrons. The van der Waals surface area contributed by atoms with E-state index in [4.69, 9.17) is 14.5 Å². The molecule has 1 fully saturated rings. The summed E-state index contributed by atoms with van der Waals surface area (Å²) in [7, 11) is 1.40. The first kappa shape index (κ1) is 25.3. The molecule has 0 bridgehead atoms. The molecule has 9 heteroatoms. The van der Waals surface area contributed by atoms with Gasteiger partial charge in [-0.1, -0.05) is 30.3 Å². The number of guanidine groups is 1. The second kappa shape index (κ2) is 12.2. The lowest BCUT2D eigenvalue weighted by Crippen LogP contribution is -2.50. The van der Waals surface area contributed by atoms with Crippen molar-refractivity contribution in [2.75, 3.05) is 33.3 Å². The van der Waals surface area contributed by atoms with Crippen molar-refractivity contribution in [2.24, 2.45) is 4.99 Å². The van der Waals surface area contributed by atoms with Crippen LogP contribution in [0.4, 0.5) is 9.59 Å². The van der Waals surface area contributed by atoms with E-state index in [1.807, 2.05) is 58.0 Å². The second-order valence-electron chi connectivity index (χ2n) is 8.70. The van der Waals surface area contributed by atoms with Crippen molar-refractivity contribution in [3.05, 3.63) is 35.9 Å². The van der Waals surface area contributed by atoms with Gasteiger partial charge in [0.15, 0.2) is 5.96 Å². The molecule has 9 nitrogen and oxygen atoms in total. The molecule has 1 aromatic rings. The van der Waals surface area contributed by atoms with E-state index in [2.05, 4.69) is 16.0 Å². The molecule has 32 heavy (non-hydrogen) atoms. The first-order chi connectivity index (χ1) is 15.2. The molecule has 1 heterocycles. The standard InChI is InChI=1S/C23H37N5O4/c1-6-24-20(26-18-12-14-28(15-13-18)22(30)31-5)25-16-19(17-10-8-7-9-11-17)27-21(29)32-23(2,3)4/h7-11,18-19H,6,12-16H2,1-5H3,(H,27,29)(H2,24,25,26). The van der Waals surface area contributed by atoms with E-state index in [0.29, 0.717) is 32.1 Å². The number of hydrogen-bond donors (Lipinski definition) is 3. The summed E-state index contributed by atoms with van der Waals surface area (Å²) in [5, 5.41) is 9.65. The minimum Gasteiger partial charge on any atom is -0.453 e. The Hall–Kier alpha value is -2.97. The third kappa shape index (κ3) is 8.64. The number of rotatable bonds is 6. The van der Waals surface area contributed by atoms with Crippen molar-refractivity contribution in [3.8, 4) is 0 Å². The van der Waals surface area contributed by atoms with E-state index >= 15 is 0 Å². The lowest BCUT2D eigenvalue weighted by Gasteiger charge is -2.32. The first-order valence-corrected chi connectivity index (χ1v) is 11.1. The van der Waals surface area contributed by atoms with Gasteiger partial charge < -0.3 is 30.3 Å². The summed E-state index contributed by atoms with van der Waals surface area (Å²) in [4.78, 5) is 30.5. The van der Waals surface area contributed by atoms with Crippen LogP contribution in [-0.4, -0.2) is 68.0 Å². The second-order valence-corrected chi connectivity index (χ2v) is 8.70. The largest absolute Gasteiger partial charge is 0.453 e. The molecule has 0 aliphatic carbocycles. The van der Waals surface area contributed by atoms with Crippen LogP contribution in [0, 0.1) is 0 Å². The van der Waals surface area contributed by atoms with E-state index in [1.165, 1.54) is 7.11 Å². The van der Waals surface area contributed by atoms with Crippen LogP contribution in [0.2, 0.25) is 0 Å². The van der Waals surface area contributed by atoms with Gasteiger partial charge in [-0.05, 0) is 46.1 Å². The van der Waals surface area contributed by atoms with Gasteiger partial charge in [0, 0.05) is 25.7 Å². The van der Waals surface area contributed by atoms with Crippen LogP contribution in [0.15, 0.2) is 35.3 Å². The van der Waals surface area contributed by atoms with Crippen molar-refractivity contribution in [1.82, 2.24) is 20.9 Å². The SMILES string of the molecule is CCNC(=NCC(NC(=O)OC(C)(C)C)c1ccccc1)NC1CCN(C(=O)OC)CC1. The fourth-order valence-electron chi connectivity index (χ4n) is 3.40. The fourth-order valence-corrected chi connectivity index (χ4v) is 3.40. The minimum atomic E-state index is -0.579. The molecular formula is C23H37N5O4. The summed E-state index contributed by atoms with van der Waals surface area (Å²) < 4.78 is 10.2. The normalized spacial score (nSPS) is 16.2. The third-order valence-corrected chi connectivity index (χ3v) is 4.94. The fraction of sp³-hybridized carbons (Fsp3) is 0.609. The van der Waals surface area contributed by atoms with E-state index in [0.717, 1.165) is 18.4 Å². The van der Waals surface area contributed by atoms with Gasteiger partial charge in [0.1, 0.15) is 5.60 Å². The molecule has 0 spiro atoms. The Morgan fingerprint density at radius 1 is 1.19 bits per heavy atom. The maximum absolute atomic E-state index is 12.4. The summed E-state index contributed by atoms with van der Waals surface area (Å²) in [6.45, 7) is 9.84. The Balaban J connectivity index is 2.04. The molecule has 1 unspecified atom stereocenters. The van der Waals surface area contributed by atoms with Gasteiger partial charge in [0.25, 0.3) is 0 Å². The van der Waals surface area contributed by atoms with E-state index < -0.39 is 11.7 Å². The van der Waals surface area contributed by atoms with Gasteiger partial charge in [0.2, 0.25) is 0 Å². The zero-order valence-electron chi connectivity index (χ0n) is 19.8. The number of nitrogens with one attached hydrogen (secondary N) is 3. The van der Waals surface area contributed by atoms with E-state index in [-0.39, 0.29) is 18.2 Å². The minimum absolute atomic E-state index is 0.197. The molecule has 0 aromatic heterocycles. The van der Waals surface area contributed by atoms with Gasteiger partial charge >= 0.3 is 12.2 Å². The van der Waals surface area contributed by atoms with Crippen LogP contribution in [0.1, 0.15) is 52.1 Å². The number of aliphatic imine (C=N–C) groups is 1. The molecule has 2 rings (SSSR count). The van der Waals surface area contributed by atoms with Gasteiger partial charge in [-0.2, -0.15) is 0 Å². The number of methoxy groups -OCH3 is 1. The molecule has 178 valence electrons. The Morgan fingerprint density at radius 3 is 2.41 bits per heavy atom. The molecule has 1 saturated heterocycles. The maximum Gasteiger partial charge on any atom is 0.409 e. The van der Waals surface area contributed by atoms with Crippen molar-refractivity contribution >= 4 is 18.1 Å². The molecule has 2 amide bonds. The first-order valence-electron chi connectivity index (χ1n) is 11.1. The number of alkyl carbamates (subject to hydrolysis) is 1. The number of carbonyl (C=O) groups is 2. The van der Waals surface area contributed by atoms with E-state index in [1.54, 1.807) is 4.90 Å². The Morgan fingerprint density at radius 2 is 1.84 bits per heavy atom. The maximum atomic E-state index is 12.4. The zero-order chi connectivity index (χ0) is 23.6. The molecule has 1 atom stereocenters. The molecule has 1 aliphatic heterocycles. The highest BCUT2D eigenvalue weighted by Crippen LogP contribution is 2.16. The highest BCUT2D eigenvalue weighted by molar-refractivity contribution is 5.80. The predicted octanol–water partition coefficient (Wildman–Crippen LogP) is 3.04. The summed E-state index contributed by atoms with van der Waals surface area (Å²) in [5.74, 6) is 0.677. The van der Waals surface area contributed by atoms with Crippen molar-refractivity contribution in [3.63, 3.8) is 0 Å². The Kier molecular flexibility index (Phi) is 9.61. The number of ether oxygens (including phenoxy) is 2. The van der Waals surface area contributed by atoms with Crippen molar-refractivity contribution in [1.29, 1.82) is 0 Å². The van der Waals surface area contributed by atoms with Crippen LogP contribution < -0.4 is 16.0 Å². The van der Waals surface area contributed by atoms with Gasteiger partial charge in [0.05, 0.1) is 19.7 Å². The quantitative estimate of drug-likeness (QED) is 0.457. The van der Waals surface area contributed by atoms with Crippen molar-refractivity contribution < 1.29 is 19.1 Å². The average molecular weight is 448 g/mol. The van der Waals surface area contributed by atoms with Gasteiger partial charge in [-0.3, -0.25) is 4.99 Å². The van der Waals surface area contributed by atoms with Crippen LogP contribution in [-0.2, 0) is 9.47 Å². The lowest BCUT2D eigenvalue weighted by atomic mass is 10.1. The van der Waals surface area contributed by atoms with Gasteiger partial charge in [-0.25, -0.2) is 9.59 Å². The number of carbonyl (C=O) groups excluding carboxylic acids is 2. The molecule has 1 aliphatic rings. The smallest absolute Gasteiger partial charge is 0.409 e. The number of piperidine rings is 1.